The number of aryl methyl sites for hydroxylation is 2. The van der Waals surface area contributed by atoms with Crippen LogP contribution in [0.3, 0.4) is 0 Å². The zero-order valence-electron chi connectivity index (χ0n) is 12.6. The van der Waals surface area contributed by atoms with Crippen LogP contribution in [-0.2, 0) is 24.2 Å². The molecule has 0 aromatic carbocycles. The third-order valence-corrected chi connectivity index (χ3v) is 3.81. The van der Waals surface area contributed by atoms with Crippen LogP contribution in [0.25, 0.3) is 0 Å². The van der Waals surface area contributed by atoms with Crippen LogP contribution in [0.2, 0.25) is 0 Å². The van der Waals surface area contributed by atoms with Gasteiger partial charge in [-0.2, -0.15) is 0 Å². The molecule has 1 aliphatic rings. The van der Waals surface area contributed by atoms with E-state index < -0.39 is 0 Å². The molecule has 5 heteroatoms. The zero-order chi connectivity index (χ0) is 14.7. The summed E-state index contributed by atoms with van der Waals surface area (Å²) in [7, 11) is 5.43. The molecule has 5 nitrogen and oxygen atoms in total. The van der Waals surface area contributed by atoms with Crippen LogP contribution >= 0.6 is 0 Å². The lowest BCUT2D eigenvalue weighted by Crippen LogP contribution is -2.35. The van der Waals surface area contributed by atoms with E-state index in [1.165, 1.54) is 24.1 Å². The van der Waals surface area contributed by atoms with E-state index in [0.717, 1.165) is 24.2 Å². The number of nitrogens with zero attached hydrogens (tertiary/aromatic N) is 3. The van der Waals surface area contributed by atoms with Gasteiger partial charge in [0.1, 0.15) is 5.82 Å². The summed E-state index contributed by atoms with van der Waals surface area (Å²) < 4.78 is 0. The van der Waals surface area contributed by atoms with E-state index in [-0.39, 0.29) is 5.91 Å². The Hall–Kier alpha value is -1.62. The number of hydrogen-bond acceptors (Lipinski definition) is 4. The van der Waals surface area contributed by atoms with Gasteiger partial charge >= 0.3 is 0 Å². The Labute approximate surface area is 120 Å². The molecule has 0 saturated carbocycles. The summed E-state index contributed by atoms with van der Waals surface area (Å²) in [6.45, 7) is 0.780. The Balaban J connectivity index is 2.27. The predicted octanol–water partition coefficient (Wildman–Crippen LogP) is 0.944. The standard InChI is InChI=1S/C15H24N4O/c1-18(2)14(20)10-19(3)15-12(9-16)8-11-6-4-5-7-13(11)17-15/h8H,4-7,9-10,16H2,1-3H3. The Kier molecular flexibility index (Phi) is 4.60. The number of nitrogens with two attached hydrogens (primary N) is 1. The average Bonchev–Trinajstić information content (AvgIpc) is 2.45. The highest BCUT2D eigenvalue weighted by Gasteiger charge is 2.18. The van der Waals surface area contributed by atoms with Crippen LogP contribution in [-0.4, -0.2) is 43.5 Å². The van der Waals surface area contributed by atoms with E-state index in [1.54, 1.807) is 19.0 Å². The van der Waals surface area contributed by atoms with Crippen LogP contribution in [0.5, 0.6) is 0 Å². The topological polar surface area (TPSA) is 62.5 Å². The summed E-state index contributed by atoms with van der Waals surface area (Å²) in [5.74, 6) is 0.915. The van der Waals surface area contributed by atoms with Gasteiger partial charge < -0.3 is 15.5 Å². The van der Waals surface area contributed by atoms with Crippen LogP contribution < -0.4 is 10.6 Å². The number of pyridine rings is 1. The normalized spacial score (nSPS) is 13.8. The summed E-state index contributed by atoms with van der Waals surface area (Å²) in [5, 5.41) is 0. The first-order valence-corrected chi connectivity index (χ1v) is 7.16. The molecule has 1 aromatic rings. The van der Waals surface area contributed by atoms with Crippen LogP contribution in [0, 0.1) is 0 Å². The number of aromatic nitrogens is 1. The van der Waals surface area contributed by atoms with E-state index in [2.05, 4.69) is 6.07 Å². The first kappa shape index (κ1) is 14.8. The van der Waals surface area contributed by atoms with Gasteiger partial charge in [-0.05, 0) is 37.3 Å². The molecule has 1 aromatic heterocycles. The third kappa shape index (κ3) is 3.10. The molecule has 0 radical (unpaired) electrons. The van der Waals surface area contributed by atoms with Crippen molar-refractivity contribution in [2.24, 2.45) is 5.73 Å². The van der Waals surface area contributed by atoms with E-state index in [4.69, 9.17) is 10.7 Å². The molecule has 2 N–H and O–H groups in total. The minimum Gasteiger partial charge on any atom is -0.350 e. The molecule has 0 fully saturated rings. The second-order valence-electron chi connectivity index (χ2n) is 5.63. The molecule has 0 unspecified atom stereocenters. The fraction of sp³-hybridized carbons (Fsp3) is 0.600. The number of carbonyl (C=O) groups is 1. The summed E-state index contributed by atoms with van der Waals surface area (Å²) in [6.07, 6.45) is 4.55. The Morgan fingerprint density at radius 1 is 1.30 bits per heavy atom. The van der Waals surface area contributed by atoms with Crippen molar-refractivity contribution in [3.8, 4) is 0 Å². The molecule has 1 heterocycles. The number of amides is 1. The Bertz CT molecular complexity index is 499. The number of fused-ring (bicyclic) bond motifs is 1. The van der Waals surface area contributed by atoms with E-state index >= 15 is 0 Å². The molecule has 0 saturated heterocycles. The van der Waals surface area contributed by atoms with Gasteiger partial charge in [-0.25, -0.2) is 4.98 Å². The molecule has 2 rings (SSSR count). The molecule has 110 valence electrons. The molecule has 0 aliphatic heterocycles. The number of hydrogen-bond donors (Lipinski definition) is 1. The molecule has 0 spiro atoms. The SMILES string of the molecule is CN(C)C(=O)CN(C)c1nc2c(cc1CN)CCCC2. The van der Waals surface area contributed by atoms with Crippen molar-refractivity contribution >= 4 is 11.7 Å². The lowest BCUT2D eigenvalue weighted by atomic mass is 9.94. The first-order chi connectivity index (χ1) is 9.52. The van der Waals surface area contributed by atoms with Crippen molar-refractivity contribution in [1.29, 1.82) is 0 Å². The van der Waals surface area contributed by atoms with Gasteiger partial charge in [0.05, 0.1) is 6.54 Å². The molecule has 20 heavy (non-hydrogen) atoms. The average molecular weight is 276 g/mol. The molecule has 1 amide bonds. The Morgan fingerprint density at radius 3 is 2.65 bits per heavy atom. The van der Waals surface area contributed by atoms with Crippen LogP contribution in [0.4, 0.5) is 5.82 Å². The second kappa shape index (κ2) is 6.22. The van der Waals surface area contributed by atoms with Crippen molar-refractivity contribution in [3.63, 3.8) is 0 Å². The largest absolute Gasteiger partial charge is 0.350 e. The fourth-order valence-corrected chi connectivity index (χ4v) is 2.57. The van der Waals surface area contributed by atoms with Gasteiger partial charge in [-0.15, -0.1) is 0 Å². The van der Waals surface area contributed by atoms with E-state index in [9.17, 15) is 4.79 Å². The van der Waals surface area contributed by atoms with Gasteiger partial charge in [0.25, 0.3) is 0 Å². The van der Waals surface area contributed by atoms with Crippen LogP contribution in [0.15, 0.2) is 6.07 Å². The minimum absolute atomic E-state index is 0.0648. The van der Waals surface area contributed by atoms with Crippen molar-refractivity contribution in [2.45, 2.75) is 32.2 Å². The lowest BCUT2D eigenvalue weighted by Gasteiger charge is -2.25. The van der Waals surface area contributed by atoms with Gasteiger partial charge in [-0.1, -0.05) is 0 Å². The predicted molar refractivity (Wildman–Crippen MR) is 80.7 cm³/mol. The van der Waals surface area contributed by atoms with Gasteiger partial charge in [-0.3, -0.25) is 4.79 Å². The minimum atomic E-state index is 0.0648. The molecular weight excluding hydrogens is 252 g/mol. The highest BCUT2D eigenvalue weighted by molar-refractivity contribution is 5.80. The fourth-order valence-electron chi connectivity index (χ4n) is 2.57. The number of carbonyl (C=O) groups excluding carboxylic acids is 1. The number of rotatable bonds is 4. The lowest BCUT2D eigenvalue weighted by molar-refractivity contribution is -0.127. The summed E-state index contributed by atoms with van der Waals surface area (Å²) in [6, 6.07) is 2.17. The van der Waals surface area contributed by atoms with Crippen molar-refractivity contribution < 1.29 is 4.79 Å². The molecule has 0 bridgehead atoms. The first-order valence-electron chi connectivity index (χ1n) is 7.16. The maximum atomic E-state index is 11.8. The van der Waals surface area contributed by atoms with Crippen molar-refractivity contribution in [2.75, 3.05) is 32.6 Å². The second-order valence-corrected chi connectivity index (χ2v) is 5.63. The molecule has 0 atom stereocenters. The molecule has 1 aliphatic carbocycles. The van der Waals surface area contributed by atoms with Gasteiger partial charge in [0, 0.05) is 38.9 Å². The molecular formula is C15H24N4O. The monoisotopic (exact) mass is 276 g/mol. The van der Waals surface area contributed by atoms with Gasteiger partial charge in [0.15, 0.2) is 0 Å². The number of anilines is 1. The maximum Gasteiger partial charge on any atom is 0.241 e. The summed E-state index contributed by atoms with van der Waals surface area (Å²) >= 11 is 0. The van der Waals surface area contributed by atoms with Crippen LogP contribution in [0.1, 0.15) is 29.7 Å². The zero-order valence-corrected chi connectivity index (χ0v) is 12.6. The summed E-state index contributed by atoms with van der Waals surface area (Å²) in [5.41, 5.74) is 9.38. The van der Waals surface area contributed by atoms with E-state index in [1.807, 2.05) is 11.9 Å². The smallest absolute Gasteiger partial charge is 0.241 e. The highest BCUT2D eigenvalue weighted by atomic mass is 16.2. The highest BCUT2D eigenvalue weighted by Crippen LogP contribution is 2.26. The number of likely N-dealkylation sites (N-methyl/N-ethyl adjacent to an activating group) is 2. The summed E-state index contributed by atoms with van der Waals surface area (Å²) in [4.78, 5) is 20.1. The third-order valence-electron chi connectivity index (χ3n) is 3.81. The maximum absolute atomic E-state index is 11.8. The van der Waals surface area contributed by atoms with Gasteiger partial charge in [0.2, 0.25) is 5.91 Å². The van der Waals surface area contributed by atoms with Crippen molar-refractivity contribution in [1.82, 2.24) is 9.88 Å². The quantitative estimate of drug-likeness (QED) is 0.889. The van der Waals surface area contributed by atoms with Crippen molar-refractivity contribution in [3.05, 3.63) is 22.9 Å². The Morgan fingerprint density at radius 2 is 2.00 bits per heavy atom. The van der Waals surface area contributed by atoms with E-state index in [0.29, 0.717) is 13.1 Å².